The highest BCUT2D eigenvalue weighted by Crippen LogP contribution is 2.22. The lowest BCUT2D eigenvalue weighted by molar-refractivity contribution is 0.0849. The number of amides is 2. The fourth-order valence-electron chi connectivity index (χ4n) is 2.89. The van der Waals surface area contributed by atoms with E-state index in [9.17, 15) is 9.59 Å². The number of aryl methyl sites for hydroxylation is 4. The average molecular weight is 441 g/mol. The Hall–Kier alpha value is -2.71. The Morgan fingerprint density at radius 2 is 1.60 bits per heavy atom. The largest absolute Gasteiger partial charge is 0.279 e. The van der Waals surface area contributed by atoms with Gasteiger partial charge in [0, 0.05) is 27.6 Å². The Bertz CT molecular complexity index is 1040. The maximum atomic E-state index is 12.3. The molecule has 6 nitrogen and oxygen atoms in total. The molecule has 0 saturated heterocycles. The van der Waals surface area contributed by atoms with Gasteiger partial charge in [0.05, 0.1) is 4.88 Å². The fourth-order valence-corrected chi connectivity index (χ4v) is 4.80. The molecular weight excluding hydrogens is 416 g/mol. The highest BCUT2D eigenvalue weighted by Gasteiger charge is 2.13. The molecule has 0 radical (unpaired) electrons. The molecule has 156 valence electrons. The van der Waals surface area contributed by atoms with Crippen LogP contribution in [0.2, 0.25) is 0 Å². The predicted octanol–water partition coefficient (Wildman–Crippen LogP) is 4.39. The third-order valence-corrected chi connectivity index (χ3v) is 6.70. The average Bonchev–Trinajstić information content (AvgIpc) is 3.10. The van der Waals surface area contributed by atoms with E-state index in [1.54, 1.807) is 23.9 Å². The first kappa shape index (κ1) is 22.0. The number of hydrazine groups is 1. The molecule has 1 aromatic carbocycles. The second kappa shape index (κ2) is 9.86. The van der Waals surface area contributed by atoms with Gasteiger partial charge in [-0.15, -0.1) is 11.3 Å². The summed E-state index contributed by atoms with van der Waals surface area (Å²) in [5.74, 6) is 0.0424. The number of thioether (sulfide) groups is 1. The number of carbonyl (C=O) groups excluding carboxylic acids is 2. The normalized spacial score (nSPS) is 10.7. The molecule has 30 heavy (non-hydrogen) atoms. The second-order valence-electron chi connectivity index (χ2n) is 6.90. The monoisotopic (exact) mass is 440 g/mol. The summed E-state index contributed by atoms with van der Waals surface area (Å²) in [6.45, 7) is 7.94. The van der Waals surface area contributed by atoms with Gasteiger partial charge in [-0.05, 0) is 62.6 Å². The van der Waals surface area contributed by atoms with Gasteiger partial charge in [-0.2, -0.15) is 0 Å². The van der Waals surface area contributed by atoms with Crippen molar-refractivity contribution >= 4 is 34.9 Å². The summed E-state index contributed by atoms with van der Waals surface area (Å²) in [6, 6.07) is 11.1. The van der Waals surface area contributed by atoms with Crippen LogP contribution in [-0.2, 0) is 12.2 Å². The number of benzene rings is 1. The van der Waals surface area contributed by atoms with Crippen LogP contribution in [0.15, 0.2) is 41.6 Å². The minimum Gasteiger partial charge on any atom is -0.267 e. The van der Waals surface area contributed by atoms with E-state index < -0.39 is 0 Å². The first-order chi connectivity index (χ1) is 14.4. The van der Waals surface area contributed by atoms with Crippen molar-refractivity contribution in [3.63, 3.8) is 0 Å². The van der Waals surface area contributed by atoms with Crippen LogP contribution in [0, 0.1) is 20.8 Å². The van der Waals surface area contributed by atoms with Crippen molar-refractivity contribution in [3.05, 3.63) is 74.2 Å². The molecule has 2 N–H and O–H groups in total. The second-order valence-corrected chi connectivity index (χ2v) is 8.98. The van der Waals surface area contributed by atoms with Crippen LogP contribution in [-0.4, -0.2) is 21.8 Å². The summed E-state index contributed by atoms with van der Waals surface area (Å²) in [4.78, 5) is 35.2. The molecule has 2 heterocycles. The molecule has 2 aromatic heterocycles. The molecule has 0 saturated carbocycles. The number of aromatic nitrogens is 2. The van der Waals surface area contributed by atoms with E-state index >= 15 is 0 Å². The first-order valence-electron chi connectivity index (χ1n) is 9.59. The lowest BCUT2D eigenvalue weighted by atomic mass is 10.1. The number of nitrogens with one attached hydrogen (secondary N) is 2. The zero-order valence-corrected chi connectivity index (χ0v) is 19.0. The van der Waals surface area contributed by atoms with Crippen LogP contribution in [0.4, 0.5) is 0 Å². The molecule has 8 heteroatoms. The Balaban J connectivity index is 1.53. The SMILES string of the molecule is CCc1sc(C(=O)NNC(=O)c2ccc(CSc3nc(C)cc(C)n3)cc2)cc1C. The number of hydrogen-bond donors (Lipinski definition) is 2. The smallest absolute Gasteiger partial charge is 0.267 e. The zero-order valence-electron chi connectivity index (χ0n) is 17.4. The standard InChI is InChI=1S/C22H24N4O2S2/c1-5-18-13(2)10-19(30-18)21(28)26-25-20(27)17-8-6-16(7-9-17)12-29-22-23-14(3)11-15(4)24-22/h6-11H,5,12H2,1-4H3,(H,25,27)(H,26,28). The minimum atomic E-state index is -0.357. The van der Waals surface area contributed by atoms with Crippen LogP contribution in [0.3, 0.4) is 0 Å². The Labute approximate surface area is 184 Å². The molecule has 0 atom stereocenters. The summed E-state index contributed by atoms with van der Waals surface area (Å²) in [7, 11) is 0. The van der Waals surface area contributed by atoms with E-state index in [1.807, 2.05) is 45.0 Å². The molecule has 0 bridgehead atoms. The van der Waals surface area contributed by atoms with Crippen LogP contribution in [0.1, 0.15) is 54.3 Å². The van der Waals surface area contributed by atoms with E-state index in [2.05, 4.69) is 27.7 Å². The highest BCUT2D eigenvalue weighted by atomic mass is 32.2. The van der Waals surface area contributed by atoms with Crippen molar-refractivity contribution in [3.8, 4) is 0 Å². The highest BCUT2D eigenvalue weighted by molar-refractivity contribution is 7.98. The maximum absolute atomic E-state index is 12.3. The third kappa shape index (κ3) is 5.67. The summed E-state index contributed by atoms with van der Waals surface area (Å²) >= 11 is 3.00. The summed E-state index contributed by atoms with van der Waals surface area (Å²) in [5, 5.41) is 0.743. The van der Waals surface area contributed by atoms with Gasteiger partial charge < -0.3 is 0 Å². The van der Waals surface area contributed by atoms with Gasteiger partial charge in [0.2, 0.25) is 0 Å². The molecule has 3 aromatic rings. The van der Waals surface area contributed by atoms with Crippen LogP contribution < -0.4 is 10.9 Å². The predicted molar refractivity (Wildman–Crippen MR) is 121 cm³/mol. The minimum absolute atomic E-state index is 0.308. The number of rotatable bonds is 6. The molecule has 0 aliphatic rings. The maximum Gasteiger partial charge on any atom is 0.279 e. The molecule has 2 amide bonds. The number of thiophene rings is 1. The number of nitrogens with zero attached hydrogens (tertiary/aromatic N) is 2. The van der Waals surface area contributed by atoms with Crippen molar-refractivity contribution in [2.24, 2.45) is 0 Å². The van der Waals surface area contributed by atoms with Crippen LogP contribution in [0.25, 0.3) is 0 Å². The van der Waals surface area contributed by atoms with E-state index in [-0.39, 0.29) is 11.8 Å². The van der Waals surface area contributed by atoms with Gasteiger partial charge in [-0.1, -0.05) is 30.8 Å². The topological polar surface area (TPSA) is 84.0 Å². The van der Waals surface area contributed by atoms with Gasteiger partial charge in [-0.3, -0.25) is 20.4 Å². The van der Waals surface area contributed by atoms with E-state index in [0.29, 0.717) is 16.2 Å². The van der Waals surface area contributed by atoms with E-state index in [4.69, 9.17) is 0 Å². The van der Waals surface area contributed by atoms with E-state index in [1.165, 1.54) is 16.2 Å². The van der Waals surface area contributed by atoms with Crippen molar-refractivity contribution in [1.82, 2.24) is 20.8 Å². The van der Waals surface area contributed by atoms with Gasteiger partial charge in [0.25, 0.3) is 11.8 Å². The van der Waals surface area contributed by atoms with Crippen molar-refractivity contribution in [2.45, 2.75) is 45.0 Å². The van der Waals surface area contributed by atoms with Gasteiger partial charge in [0.1, 0.15) is 0 Å². The van der Waals surface area contributed by atoms with E-state index in [0.717, 1.165) is 34.1 Å². The summed E-state index contributed by atoms with van der Waals surface area (Å²) in [6.07, 6.45) is 0.885. The summed E-state index contributed by atoms with van der Waals surface area (Å²) < 4.78 is 0. The molecule has 0 aliphatic heterocycles. The van der Waals surface area contributed by atoms with Crippen LogP contribution in [0.5, 0.6) is 0 Å². The molecule has 0 aliphatic carbocycles. The van der Waals surface area contributed by atoms with Crippen molar-refractivity contribution in [2.75, 3.05) is 0 Å². The van der Waals surface area contributed by atoms with Crippen LogP contribution >= 0.6 is 23.1 Å². The third-order valence-electron chi connectivity index (χ3n) is 4.40. The van der Waals surface area contributed by atoms with Gasteiger partial charge in [0.15, 0.2) is 5.16 Å². The lowest BCUT2D eigenvalue weighted by Gasteiger charge is -2.07. The molecule has 0 unspecified atom stereocenters. The zero-order chi connectivity index (χ0) is 21.7. The number of hydrogen-bond acceptors (Lipinski definition) is 6. The Morgan fingerprint density at radius 1 is 0.967 bits per heavy atom. The Kier molecular flexibility index (Phi) is 7.23. The number of carbonyl (C=O) groups is 2. The molecular formula is C22H24N4O2S2. The quantitative estimate of drug-likeness (QED) is 0.337. The Morgan fingerprint density at radius 3 is 2.20 bits per heavy atom. The van der Waals surface area contributed by atoms with Crippen molar-refractivity contribution in [1.29, 1.82) is 0 Å². The fraction of sp³-hybridized carbons (Fsp3) is 0.273. The molecule has 0 spiro atoms. The molecule has 3 rings (SSSR count). The molecule has 0 fully saturated rings. The lowest BCUT2D eigenvalue weighted by Crippen LogP contribution is -2.41. The summed E-state index contributed by atoms with van der Waals surface area (Å²) in [5.41, 5.74) is 9.49. The van der Waals surface area contributed by atoms with Crippen molar-refractivity contribution < 1.29 is 9.59 Å². The van der Waals surface area contributed by atoms with Gasteiger partial charge >= 0.3 is 0 Å². The first-order valence-corrected chi connectivity index (χ1v) is 11.4. The van der Waals surface area contributed by atoms with Gasteiger partial charge in [-0.25, -0.2) is 9.97 Å².